The SMILES string of the molecule is CC(N)CCC(=O)NCC(C)(C)O. The van der Waals surface area contributed by atoms with Crippen LogP contribution >= 0.6 is 0 Å². The maximum Gasteiger partial charge on any atom is 0.220 e. The van der Waals surface area contributed by atoms with Crippen molar-refractivity contribution in [3.05, 3.63) is 0 Å². The van der Waals surface area contributed by atoms with Crippen LogP contribution in [0.5, 0.6) is 0 Å². The third-order valence-corrected chi connectivity index (χ3v) is 1.54. The van der Waals surface area contributed by atoms with Crippen LogP contribution in [0.3, 0.4) is 0 Å². The number of amides is 1. The summed E-state index contributed by atoms with van der Waals surface area (Å²) in [4.78, 5) is 11.1. The van der Waals surface area contributed by atoms with Gasteiger partial charge in [0.2, 0.25) is 5.91 Å². The van der Waals surface area contributed by atoms with Crippen LogP contribution in [0.4, 0.5) is 0 Å². The lowest BCUT2D eigenvalue weighted by molar-refractivity contribution is -0.122. The third-order valence-electron chi connectivity index (χ3n) is 1.54. The van der Waals surface area contributed by atoms with Gasteiger partial charge in [0.25, 0.3) is 0 Å². The zero-order chi connectivity index (χ0) is 10.5. The lowest BCUT2D eigenvalue weighted by Crippen LogP contribution is -2.38. The predicted molar refractivity (Wildman–Crippen MR) is 52.2 cm³/mol. The van der Waals surface area contributed by atoms with Crippen molar-refractivity contribution in [3.63, 3.8) is 0 Å². The second kappa shape index (κ2) is 5.19. The lowest BCUT2D eigenvalue weighted by atomic mass is 10.1. The Morgan fingerprint density at radius 2 is 2.15 bits per heavy atom. The lowest BCUT2D eigenvalue weighted by Gasteiger charge is -2.17. The molecule has 78 valence electrons. The van der Waals surface area contributed by atoms with E-state index in [1.54, 1.807) is 13.8 Å². The quantitative estimate of drug-likeness (QED) is 0.568. The van der Waals surface area contributed by atoms with Gasteiger partial charge in [0.05, 0.1) is 5.60 Å². The highest BCUT2D eigenvalue weighted by Crippen LogP contribution is 1.98. The van der Waals surface area contributed by atoms with E-state index in [4.69, 9.17) is 5.73 Å². The van der Waals surface area contributed by atoms with E-state index in [0.29, 0.717) is 12.8 Å². The minimum absolute atomic E-state index is 0.0490. The number of aliphatic hydroxyl groups is 1. The molecule has 0 aromatic heterocycles. The third kappa shape index (κ3) is 9.30. The summed E-state index contributed by atoms with van der Waals surface area (Å²) < 4.78 is 0. The maximum absolute atomic E-state index is 11.1. The first-order valence-corrected chi connectivity index (χ1v) is 4.56. The molecule has 4 nitrogen and oxygen atoms in total. The van der Waals surface area contributed by atoms with Gasteiger partial charge in [-0.2, -0.15) is 0 Å². The van der Waals surface area contributed by atoms with Crippen molar-refractivity contribution in [2.75, 3.05) is 6.54 Å². The van der Waals surface area contributed by atoms with E-state index in [0.717, 1.165) is 0 Å². The molecule has 0 spiro atoms. The maximum atomic E-state index is 11.1. The number of carbonyl (C=O) groups excluding carboxylic acids is 1. The Morgan fingerprint density at radius 1 is 1.62 bits per heavy atom. The van der Waals surface area contributed by atoms with Gasteiger partial charge in [0.1, 0.15) is 0 Å². The molecule has 1 amide bonds. The van der Waals surface area contributed by atoms with Gasteiger partial charge in [-0.15, -0.1) is 0 Å². The molecule has 1 atom stereocenters. The zero-order valence-corrected chi connectivity index (χ0v) is 8.63. The van der Waals surface area contributed by atoms with Gasteiger partial charge < -0.3 is 16.2 Å². The van der Waals surface area contributed by atoms with Crippen LogP contribution in [0.2, 0.25) is 0 Å². The van der Waals surface area contributed by atoms with Crippen LogP contribution < -0.4 is 11.1 Å². The minimum Gasteiger partial charge on any atom is -0.389 e. The first-order valence-electron chi connectivity index (χ1n) is 4.56. The molecule has 0 rings (SSSR count). The zero-order valence-electron chi connectivity index (χ0n) is 8.63. The van der Waals surface area contributed by atoms with Crippen molar-refractivity contribution in [2.24, 2.45) is 5.73 Å². The van der Waals surface area contributed by atoms with Crippen molar-refractivity contribution in [1.82, 2.24) is 5.32 Å². The molecule has 4 N–H and O–H groups in total. The Balaban J connectivity index is 3.53. The molecule has 0 aromatic carbocycles. The van der Waals surface area contributed by atoms with Crippen LogP contribution in [-0.4, -0.2) is 29.2 Å². The Hall–Kier alpha value is -0.610. The van der Waals surface area contributed by atoms with Gasteiger partial charge >= 0.3 is 0 Å². The summed E-state index contributed by atoms with van der Waals surface area (Å²) in [5.41, 5.74) is 4.65. The van der Waals surface area contributed by atoms with E-state index < -0.39 is 5.60 Å². The average Bonchev–Trinajstić information content (AvgIpc) is 1.95. The van der Waals surface area contributed by atoms with Crippen LogP contribution in [0.15, 0.2) is 0 Å². The second-order valence-corrected chi connectivity index (χ2v) is 4.11. The van der Waals surface area contributed by atoms with Gasteiger partial charge in [-0.3, -0.25) is 4.79 Å². The first kappa shape index (κ1) is 12.4. The van der Waals surface area contributed by atoms with Crippen molar-refractivity contribution in [1.29, 1.82) is 0 Å². The predicted octanol–water partition coefficient (Wildman–Crippen LogP) is 0.000900. The van der Waals surface area contributed by atoms with Crippen LogP contribution in [0.1, 0.15) is 33.6 Å². The molecule has 0 aliphatic carbocycles. The first-order chi connectivity index (χ1) is 5.81. The highest BCUT2D eigenvalue weighted by atomic mass is 16.3. The Bertz CT molecular complexity index is 161. The standard InChI is InChI=1S/C9H20N2O2/c1-7(10)4-5-8(12)11-6-9(2,3)13/h7,13H,4-6,10H2,1-3H3,(H,11,12). The molecule has 0 aliphatic rings. The fraction of sp³-hybridized carbons (Fsp3) is 0.889. The number of nitrogens with two attached hydrogens (primary N) is 1. The summed E-state index contributed by atoms with van der Waals surface area (Å²) >= 11 is 0. The van der Waals surface area contributed by atoms with E-state index in [-0.39, 0.29) is 18.5 Å². The molecule has 0 radical (unpaired) electrons. The van der Waals surface area contributed by atoms with Crippen LogP contribution in [-0.2, 0) is 4.79 Å². The van der Waals surface area contributed by atoms with E-state index in [2.05, 4.69) is 5.32 Å². The summed E-state index contributed by atoms with van der Waals surface area (Å²) in [6, 6.07) is 0.0490. The summed E-state index contributed by atoms with van der Waals surface area (Å²) in [7, 11) is 0. The van der Waals surface area contributed by atoms with Crippen molar-refractivity contribution < 1.29 is 9.90 Å². The molecule has 0 saturated heterocycles. The van der Waals surface area contributed by atoms with Gasteiger partial charge in [-0.1, -0.05) is 0 Å². The molecular formula is C9H20N2O2. The highest BCUT2D eigenvalue weighted by Gasteiger charge is 2.13. The summed E-state index contributed by atoms with van der Waals surface area (Å²) in [5.74, 6) is -0.0561. The Labute approximate surface area is 79.5 Å². The van der Waals surface area contributed by atoms with Gasteiger partial charge in [-0.25, -0.2) is 0 Å². The Morgan fingerprint density at radius 3 is 2.54 bits per heavy atom. The molecule has 0 bridgehead atoms. The minimum atomic E-state index is -0.843. The largest absolute Gasteiger partial charge is 0.389 e. The van der Waals surface area contributed by atoms with Gasteiger partial charge in [-0.05, 0) is 27.2 Å². The fourth-order valence-electron chi connectivity index (χ4n) is 0.762. The number of rotatable bonds is 5. The van der Waals surface area contributed by atoms with E-state index >= 15 is 0 Å². The molecule has 1 unspecified atom stereocenters. The number of hydrogen-bond acceptors (Lipinski definition) is 3. The molecule has 0 aromatic rings. The monoisotopic (exact) mass is 188 g/mol. The molecule has 0 aliphatic heterocycles. The number of nitrogens with one attached hydrogen (secondary N) is 1. The smallest absolute Gasteiger partial charge is 0.220 e. The normalized spacial score (nSPS) is 13.9. The van der Waals surface area contributed by atoms with Crippen molar-refractivity contribution in [2.45, 2.75) is 45.3 Å². The summed E-state index contributed by atoms with van der Waals surface area (Å²) in [6.45, 7) is 5.45. The topological polar surface area (TPSA) is 75.4 Å². The van der Waals surface area contributed by atoms with Crippen LogP contribution in [0.25, 0.3) is 0 Å². The van der Waals surface area contributed by atoms with E-state index in [1.165, 1.54) is 0 Å². The molecule has 0 fully saturated rings. The molecule has 0 saturated carbocycles. The number of hydrogen-bond donors (Lipinski definition) is 3. The molecular weight excluding hydrogens is 168 g/mol. The summed E-state index contributed by atoms with van der Waals surface area (Å²) in [5, 5.41) is 11.9. The molecule has 0 heterocycles. The highest BCUT2D eigenvalue weighted by molar-refractivity contribution is 5.75. The average molecular weight is 188 g/mol. The fourth-order valence-corrected chi connectivity index (χ4v) is 0.762. The second-order valence-electron chi connectivity index (χ2n) is 4.11. The van der Waals surface area contributed by atoms with Gasteiger partial charge in [0, 0.05) is 19.0 Å². The Kier molecular flexibility index (Phi) is 4.95. The molecule has 13 heavy (non-hydrogen) atoms. The summed E-state index contributed by atoms with van der Waals surface area (Å²) in [6.07, 6.45) is 1.10. The van der Waals surface area contributed by atoms with Crippen LogP contribution in [0, 0.1) is 0 Å². The van der Waals surface area contributed by atoms with E-state index in [9.17, 15) is 9.90 Å². The molecule has 4 heteroatoms. The van der Waals surface area contributed by atoms with Crippen molar-refractivity contribution in [3.8, 4) is 0 Å². The van der Waals surface area contributed by atoms with Gasteiger partial charge in [0.15, 0.2) is 0 Å². The number of carbonyl (C=O) groups is 1. The van der Waals surface area contributed by atoms with E-state index in [1.807, 2.05) is 6.92 Å². The van der Waals surface area contributed by atoms with Crippen molar-refractivity contribution >= 4 is 5.91 Å².